The number of likely N-dealkylation sites (N-methyl/N-ethyl adjacent to an activating group) is 1. The molecule has 1 heterocycles. The van der Waals surface area contributed by atoms with E-state index in [0.29, 0.717) is 18.5 Å². The summed E-state index contributed by atoms with van der Waals surface area (Å²) in [5.41, 5.74) is -0.151. The number of carbonyl (C=O) groups excluding carboxylic acids is 2. The van der Waals surface area contributed by atoms with Gasteiger partial charge in [-0.2, -0.15) is 0 Å². The summed E-state index contributed by atoms with van der Waals surface area (Å²) in [6, 6.07) is 5.83. The van der Waals surface area contributed by atoms with Crippen molar-refractivity contribution in [2.45, 2.75) is 51.8 Å². The third-order valence-electron chi connectivity index (χ3n) is 3.91. The second-order valence-electron chi connectivity index (χ2n) is 7.12. The first kappa shape index (κ1) is 18.2. The molecular weight excluding hydrogens is 311 g/mol. The highest BCUT2D eigenvalue weighted by Gasteiger charge is 2.37. The van der Waals surface area contributed by atoms with Crippen molar-refractivity contribution in [2.75, 3.05) is 13.6 Å². The zero-order valence-corrected chi connectivity index (χ0v) is 14.7. The average Bonchev–Trinajstić information content (AvgIpc) is 2.96. The third-order valence-corrected chi connectivity index (χ3v) is 3.91. The number of benzene rings is 1. The van der Waals surface area contributed by atoms with Gasteiger partial charge in [0, 0.05) is 25.7 Å². The van der Waals surface area contributed by atoms with Gasteiger partial charge >= 0.3 is 6.09 Å². The zero-order valence-electron chi connectivity index (χ0n) is 14.7. The van der Waals surface area contributed by atoms with Gasteiger partial charge in [0.25, 0.3) is 0 Å². The van der Waals surface area contributed by atoms with Crippen LogP contribution in [0.15, 0.2) is 24.3 Å². The lowest BCUT2D eigenvalue weighted by molar-refractivity contribution is -0.135. The Morgan fingerprint density at radius 3 is 2.62 bits per heavy atom. The van der Waals surface area contributed by atoms with E-state index in [9.17, 15) is 14.0 Å². The van der Waals surface area contributed by atoms with Crippen LogP contribution in [0.4, 0.5) is 9.18 Å². The minimum Gasteiger partial charge on any atom is -0.444 e. The lowest BCUT2D eigenvalue weighted by Crippen LogP contribution is -2.47. The minimum absolute atomic E-state index is 0.171. The maximum atomic E-state index is 13.8. The van der Waals surface area contributed by atoms with Crippen LogP contribution in [0.3, 0.4) is 0 Å². The van der Waals surface area contributed by atoms with Crippen molar-refractivity contribution in [1.82, 2.24) is 9.80 Å². The lowest BCUT2D eigenvalue weighted by Gasteiger charge is -2.30. The summed E-state index contributed by atoms with van der Waals surface area (Å²) in [6.07, 6.45) is 0.876. The SMILES string of the molecule is CN(Cc1ccccc1F)C(=O)[C@@H]1CCCN1C(=O)OC(C)(C)C. The molecule has 0 aromatic heterocycles. The molecule has 1 aromatic carbocycles. The Hall–Kier alpha value is -2.11. The molecule has 2 amide bonds. The van der Waals surface area contributed by atoms with Crippen LogP contribution in [-0.4, -0.2) is 47.0 Å². The normalized spacial score (nSPS) is 17.7. The maximum Gasteiger partial charge on any atom is 0.410 e. The molecule has 0 saturated carbocycles. The van der Waals surface area contributed by atoms with Crippen molar-refractivity contribution >= 4 is 12.0 Å². The van der Waals surface area contributed by atoms with Crippen LogP contribution in [0, 0.1) is 5.82 Å². The molecule has 1 atom stereocenters. The molecule has 0 bridgehead atoms. The van der Waals surface area contributed by atoms with Gasteiger partial charge in [-0.15, -0.1) is 0 Å². The fourth-order valence-corrected chi connectivity index (χ4v) is 2.78. The van der Waals surface area contributed by atoms with E-state index in [4.69, 9.17) is 4.74 Å². The van der Waals surface area contributed by atoms with Crippen molar-refractivity contribution in [1.29, 1.82) is 0 Å². The van der Waals surface area contributed by atoms with Gasteiger partial charge in [0.2, 0.25) is 5.91 Å². The number of likely N-dealkylation sites (tertiary alicyclic amines) is 1. The lowest BCUT2D eigenvalue weighted by atomic mass is 10.1. The predicted molar refractivity (Wildman–Crippen MR) is 88.8 cm³/mol. The summed E-state index contributed by atoms with van der Waals surface area (Å²) in [5, 5.41) is 0. The Kier molecular flexibility index (Phi) is 5.47. The molecule has 5 nitrogen and oxygen atoms in total. The number of amides is 2. The summed E-state index contributed by atoms with van der Waals surface area (Å²) in [4.78, 5) is 27.9. The molecule has 0 spiro atoms. The van der Waals surface area contributed by atoms with Gasteiger partial charge in [-0.1, -0.05) is 18.2 Å². The highest BCUT2D eigenvalue weighted by Crippen LogP contribution is 2.23. The Labute approximate surface area is 142 Å². The number of carbonyl (C=O) groups is 2. The van der Waals surface area contributed by atoms with E-state index >= 15 is 0 Å². The molecule has 1 fully saturated rings. The molecule has 2 rings (SSSR count). The quantitative estimate of drug-likeness (QED) is 0.852. The molecule has 6 heteroatoms. The van der Waals surface area contributed by atoms with Crippen LogP contribution in [0.5, 0.6) is 0 Å². The Balaban J connectivity index is 2.04. The van der Waals surface area contributed by atoms with E-state index in [1.807, 2.05) is 0 Å². The van der Waals surface area contributed by atoms with Gasteiger partial charge in [0.05, 0.1) is 0 Å². The molecule has 24 heavy (non-hydrogen) atoms. The van der Waals surface area contributed by atoms with E-state index in [-0.39, 0.29) is 18.3 Å². The molecule has 1 aliphatic heterocycles. The Morgan fingerprint density at radius 1 is 1.33 bits per heavy atom. The molecule has 1 saturated heterocycles. The number of hydrogen-bond acceptors (Lipinski definition) is 3. The zero-order chi connectivity index (χ0) is 17.9. The molecule has 0 radical (unpaired) electrons. The largest absolute Gasteiger partial charge is 0.444 e. The van der Waals surface area contributed by atoms with Crippen molar-refractivity contribution < 1.29 is 18.7 Å². The van der Waals surface area contributed by atoms with Gasteiger partial charge in [0.1, 0.15) is 17.5 Å². The standard InChI is InChI=1S/C18H25FN2O3/c1-18(2,3)24-17(23)21-11-7-10-15(21)16(22)20(4)12-13-8-5-6-9-14(13)19/h5-6,8-9,15H,7,10-12H2,1-4H3/t15-/m0/s1. The van der Waals surface area contributed by atoms with Crippen LogP contribution in [-0.2, 0) is 16.1 Å². The van der Waals surface area contributed by atoms with Gasteiger partial charge < -0.3 is 9.64 Å². The second kappa shape index (κ2) is 7.20. The van der Waals surface area contributed by atoms with Crippen LogP contribution >= 0.6 is 0 Å². The van der Waals surface area contributed by atoms with Crippen LogP contribution in [0.2, 0.25) is 0 Å². The molecule has 0 unspecified atom stereocenters. The first-order valence-corrected chi connectivity index (χ1v) is 8.17. The first-order chi connectivity index (χ1) is 11.2. The number of halogens is 1. The van der Waals surface area contributed by atoms with Crippen molar-refractivity contribution in [2.24, 2.45) is 0 Å². The number of nitrogens with zero attached hydrogens (tertiary/aromatic N) is 2. The van der Waals surface area contributed by atoms with Crippen molar-refractivity contribution in [3.63, 3.8) is 0 Å². The number of hydrogen-bond donors (Lipinski definition) is 0. The minimum atomic E-state index is -0.605. The number of ether oxygens (including phenoxy) is 1. The summed E-state index contributed by atoms with van der Waals surface area (Å²) >= 11 is 0. The Bertz CT molecular complexity index is 613. The molecule has 0 N–H and O–H groups in total. The van der Waals surface area contributed by atoms with E-state index < -0.39 is 17.7 Å². The van der Waals surface area contributed by atoms with Crippen LogP contribution < -0.4 is 0 Å². The van der Waals surface area contributed by atoms with Gasteiger partial charge in [0.15, 0.2) is 0 Å². The van der Waals surface area contributed by atoms with Gasteiger partial charge in [-0.05, 0) is 39.7 Å². The topological polar surface area (TPSA) is 49.9 Å². The monoisotopic (exact) mass is 336 g/mol. The van der Waals surface area contributed by atoms with E-state index in [2.05, 4.69) is 0 Å². The van der Waals surface area contributed by atoms with E-state index in [0.717, 1.165) is 6.42 Å². The molecule has 1 aromatic rings. The summed E-state index contributed by atoms with van der Waals surface area (Å²) in [6.45, 7) is 6.05. The van der Waals surface area contributed by atoms with Crippen molar-refractivity contribution in [3.8, 4) is 0 Å². The highest BCUT2D eigenvalue weighted by molar-refractivity contribution is 5.86. The van der Waals surface area contributed by atoms with Crippen LogP contribution in [0.25, 0.3) is 0 Å². The maximum absolute atomic E-state index is 13.8. The molecule has 1 aliphatic rings. The Morgan fingerprint density at radius 2 is 2.00 bits per heavy atom. The third kappa shape index (κ3) is 4.46. The number of rotatable bonds is 3. The fourth-order valence-electron chi connectivity index (χ4n) is 2.78. The van der Waals surface area contributed by atoms with E-state index in [1.54, 1.807) is 46.0 Å². The molecule has 0 aliphatic carbocycles. The second-order valence-corrected chi connectivity index (χ2v) is 7.12. The smallest absolute Gasteiger partial charge is 0.410 e. The fraction of sp³-hybridized carbons (Fsp3) is 0.556. The van der Waals surface area contributed by atoms with E-state index in [1.165, 1.54) is 15.9 Å². The summed E-state index contributed by atoms with van der Waals surface area (Å²) in [7, 11) is 1.63. The predicted octanol–water partition coefficient (Wildman–Crippen LogP) is 3.18. The molecule has 132 valence electrons. The van der Waals surface area contributed by atoms with Crippen LogP contribution in [0.1, 0.15) is 39.2 Å². The van der Waals surface area contributed by atoms with Gasteiger partial charge in [-0.3, -0.25) is 9.69 Å². The van der Waals surface area contributed by atoms with Gasteiger partial charge in [-0.25, -0.2) is 9.18 Å². The molecular formula is C18H25FN2O3. The average molecular weight is 336 g/mol. The first-order valence-electron chi connectivity index (χ1n) is 8.17. The van der Waals surface area contributed by atoms with Crippen molar-refractivity contribution in [3.05, 3.63) is 35.6 Å². The summed E-state index contributed by atoms with van der Waals surface area (Å²) in [5.74, 6) is -0.533. The summed E-state index contributed by atoms with van der Waals surface area (Å²) < 4.78 is 19.1. The highest BCUT2D eigenvalue weighted by atomic mass is 19.1.